The Kier molecular flexibility index (Phi) is 28.0. The molecule has 32 nitrogen and oxygen atoms in total. The van der Waals surface area contributed by atoms with Gasteiger partial charge in [0.05, 0.1) is 23.6 Å². The molecule has 10 aliphatic rings. The number of sulfonamides is 2. The number of piperidine rings is 2. The van der Waals surface area contributed by atoms with Gasteiger partial charge in [-0.05, 0) is 194 Å². The molecule has 14 rings (SSSR count). The second-order valence-electron chi connectivity index (χ2n) is 34.7. The first-order valence-electron chi connectivity index (χ1n) is 41.4. The fourth-order valence-electron chi connectivity index (χ4n) is 15.8. The number of likely N-dealkylation sites (tertiary alicyclic amines) is 2. The average molecular weight is 1710 g/mol. The van der Waals surface area contributed by atoms with Crippen LogP contribution in [-0.2, 0) is 58.3 Å². The van der Waals surface area contributed by atoms with Crippen molar-refractivity contribution < 1.29 is 82.9 Å². The minimum absolute atomic E-state index is 0.0127. The van der Waals surface area contributed by atoms with Crippen LogP contribution in [0.4, 0.5) is 47.5 Å². The second kappa shape index (κ2) is 37.6. The molecule has 4 aliphatic heterocycles. The predicted octanol–water partition coefficient (Wildman–Crippen LogP) is 9.32. The summed E-state index contributed by atoms with van der Waals surface area (Å²) in [5.41, 5.74) is -3.82. The molecule has 8 amide bonds. The van der Waals surface area contributed by atoms with E-state index in [0.29, 0.717) is 42.9 Å². The standard InChI is InChI=1S/C41H55FN8O8S.C36H45ClFN7O8S.C5H11N/c1-5-25-23-41(25,37(53)48-59(55,56)30-17-18-30)47-35(51)31-21-29(24-50(31)36(52)34(40(2,3)4)46-39(54)58-28-11-7-8-12-28)57-33-22-32(49-19-9-6-10-20-49)44-38(45-33)43-27-15-13-26(42)14-16-27;1-5-20-18-36(20,32(48)44-54(50,51)25-14-15-25)43-30(46)26-16-24(52-28-17-27(37)40-33(41-28)39-22-12-10-21(38)11-13-22)19-45(26)31(47)29(35(2,3)4)42-34(49)53-23-8-6-7-9-23;1-2-4-6-5-3-1/h5,13-16,22,25,28-31,34H,1,6-12,17-21,23-24H2,2-4H3,(H,46,54)(H,47,51)(H,48,53)(H,43,44,45);5,10-13,17,20,23-26,29H,1,6-9,14-16,18-19H2,2-4H3,(H,42,49)(H,43,46)(H,44,48)(H,39,40,41);6H,1-5H2/t25-,29-,31+,34-,41-;20-,24-,26+,29-,36-;/m11./s1. The number of carbonyl (C=O) groups excluding carboxylic acids is 8. The number of nitrogens with zero attached hydrogens (tertiary/aromatic N) is 7. The summed E-state index contributed by atoms with van der Waals surface area (Å²) in [4.78, 5) is 134. The van der Waals surface area contributed by atoms with E-state index >= 15 is 0 Å². The van der Waals surface area contributed by atoms with Crippen molar-refractivity contribution in [1.82, 2.24) is 65.8 Å². The number of hydrogen-bond acceptors (Lipinski definition) is 24. The number of alkyl carbamates (subject to hydrolysis) is 2. The number of anilines is 5. The van der Waals surface area contributed by atoms with Crippen molar-refractivity contribution in [3.63, 3.8) is 0 Å². The molecule has 0 unspecified atom stereocenters. The number of aromatic nitrogens is 4. The van der Waals surface area contributed by atoms with E-state index < -0.39 is 160 Å². The van der Waals surface area contributed by atoms with Crippen molar-refractivity contribution in [2.45, 2.75) is 253 Å². The normalized spacial score (nSPS) is 24.8. The van der Waals surface area contributed by atoms with Crippen LogP contribution in [0, 0.1) is 34.3 Å². The van der Waals surface area contributed by atoms with Crippen LogP contribution in [0.2, 0.25) is 5.15 Å². The molecule has 2 aromatic carbocycles. The van der Waals surface area contributed by atoms with Crippen LogP contribution in [-0.4, -0.2) is 204 Å². The number of amides is 8. The Hall–Kier alpha value is -9.55. The summed E-state index contributed by atoms with van der Waals surface area (Å²) in [6.07, 6.45) is 15.2. The molecule has 0 radical (unpaired) electrons. The maximum absolute atomic E-state index is 14.7. The fourth-order valence-corrected chi connectivity index (χ4v) is 18.7. The quantitative estimate of drug-likeness (QED) is 0.0198. The zero-order valence-electron chi connectivity index (χ0n) is 68.2. The van der Waals surface area contributed by atoms with Crippen LogP contribution in [0.25, 0.3) is 0 Å². The Bertz CT molecular complexity index is 4600. The summed E-state index contributed by atoms with van der Waals surface area (Å²) in [5.74, 6) is -5.20. The molecule has 6 aliphatic carbocycles. The number of ether oxygens (including phenoxy) is 4. The van der Waals surface area contributed by atoms with Crippen molar-refractivity contribution in [1.29, 1.82) is 0 Å². The van der Waals surface area contributed by atoms with E-state index in [1.807, 2.05) is 0 Å². The lowest BCUT2D eigenvalue weighted by atomic mass is 9.85. The Morgan fingerprint density at radius 3 is 1.29 bits per heavy atom. The zero-order chi connectivity index (χ0) is 85.4. The molecule has 9 N–H and O–H groups in total. The highest BCUT2D eigenvalue weighted by atomic mass is 35.5. The van der Waals surface area contributed by atoms with Gasteiger partial charge in [-0.3, -0.25) is 38.2 Å². The number of rotatable bonds is 27. The van der Waals surface area contributed by atoms with E-state index in [0.717, 1.165) is 83.7 Å². The minimum Gasteiger partial charge on any atom is -0.472 e. The fraction of sp³-hybridized carbons (Fsp3) is 0.610. The van der Waals surface area contributed by atoms with Gasteiger partial charge in [0, 0.05) is 61.3 Å². The molecule has 10 atom stereocenters. The number of benzene rings is 2. The monoisotopic (exact) mass is 1710 g/mol. The van der Waals surface area contributed by atoms with E-state index in [2.05, 4.69) is 79.7 Å². The molecule has 6 heterocycles. The van der Waals surface area contributed by atoms with Crippen LogP contribution in [0.15, 0.2) is 86.0 Å². The van der Waals surface area contributed by atoms with Gasteiger partial charge in [0.25, 0.3) is 11.8 Å². The lowest BCUT2D eigenvalue weighted by Gasteiger charge is -2.35. The summed E-state index contributed by atoms with van der Waals surface area (Å²) in [6, 6.07) is 9.63. The number of nitrogens with one attached hydrogen (secondary N) is 9. The Balaban J connectivity index is 0.000000204. The van der Waals surface area contributed by atoms with Gasteiger partial charge < -0.3 is 70.9 Å². The summed E-state index contributed by atoms with van der Waals surface area (Å²) >= 11 is 6.29. The van der Waals surface area contributed by atoms with Crippen molar-refractivity contribution >= 4 is 108 Å². The van der Waals surface area contributed by atoms with Crippen LogP contribution < -0.4 is 61.0 Å². The lowest BCUT2D eigenvalue weighted by Crippen LogP contribution is -2.60. The second-order valence-corrected chi connectivity index (χ2v) is 39.0. The number of halogens is 3. The SMILES string of the molecule is C1CCNCC1.C=C[C@@H]1C[C@]1(NC(=O)[C@@H]1C[C@@H](Oc2cc(Cl)nc(Nc3ccc(F)cc3)n2)CN1C(=O)[C@@H](NC(=O)OC1CCCC1)C(C)(C)C)C(=O)NS(=O)(=O)C1CC1.C=C[C@@H]1C[C@]1(NC(=O)[C@@H]1C[C@@H](Oc2cc(N3CCCCC3)nc(Nc3ccc(F)cc3)n2)CN1C(=O)[C@@H](NC(=O)OC1CCCC1)C(C)(C)C)C(=O)NS(=O)(=O)C1CC1. The summed E-state index contributed by atoms with van der Waals surface area (Å²) in [6.45, 7) is 22.0. The van der Waals surface area contributed by atoms with E-state index in [-0.39, 0.29) is 79.8 Å². The van der Waals surface area contributed by atoms with E-state index in [9.17, 15) is 64.0 Å². The Labute approximate surface area is 698 Å². The van der Waals surface area contributed by atoms with Gasteiger partial charge in [-0.25, -0.2) is 40.2 Å². The molecule has 0 bridgehead atoms. The third-order valence-electron chi connectivity index (χ3n) is 23.1. The lowest BCUT2D eigenvalue weighted by molar-refractivity contribution is -0.143. The summed E-state index contributed by atoms with van der Waals surface area (Å²) < 4.78 is 106. The molecule has 10 fully saturated rings. The first kappa shape index (κ1) is 88.7. The molecular formula is C82H111ClF2N16O16S2. The highest BCUT2D eigenvalue weighted by molar-refractivity contribution is 7.91. The average Bonchev–Trinajstić information content (AvgIpc) is 1.58. The van der Waals surface area contributed by atoms with E-state index in [1.165, 1.54) is 96.8 Å². The third-order valence-corrected chi connectivity index (χ3v) is 27.0. The summed E-state index contributed by atoms with van der Waals surface area (Å²) in [5, 5.41) is 19.1. The molecule has 119 heavy (non-hydrogen) atoms. The van der Waals surface area contributed by atoms with E-state index in [1.54, 1.807) is 59.7 Å². The van der Waals surface area contributed by atoms with Crippen LogP contribution >= 0.6 is 11.6 Å². The number of hydrogen-bond donors (Lipinski definition) is 9. The van der Waals surface area contributed by atoms with Gasteiger partial charge in [-0.1, -0.05) is 71.7 Å². The van der Waals surface area contributed by atoms with Crippen LogP contribution in [0.1, 0.15) is 183 Å². The maximum Gasteiger partial charge on any atom is 0.408 e. The molecular weight excluding hydrogens is 1600 g/mol. The van der Waals surface area contributed by atoms with Crippen molar-refractivity contribution in [3.8, 4) is 11.8 Å². The van der Waals surface area contributed by atoms with Gasteiger partial charge in [-0.15, -0.1) is 13.2 Å². The third kappa shape index (κ3) is 23.1. The first-order chi connectivity index (χ1) is 56.5. The molecule has 648 valence electrons. The molecule has 4 saturated heterocycles. The maximum atomic E-state index is 14.7. The molecule has 4 aromatic rings. The molecule has 37 heteroatoms. The topological polar surface area (TPSA) is 411 Å². The van der Waals surface area contributed by atoms with Crippen molar-refractivity contribution in [3.05, 3.63) is 103 Å². The van der Waals surface area contributed by atoms with Gasteiger partial charge in [0.2, 0.25) is 67.3 Å². The van der Waals surface area contributed by atoms with Gasteiger partial charge in [-0.2, -0.15) is 15.0 Å². The predicted molar refractivity (Wildman–Crippen MR) is 439 cm³/mol. The number of carbonyl (C=O) groups is 8. The van der Waals surface area contributed by atoms with Gasteiger partial charge >= 0.3 is 12.2 Å². The van der Waals surface area contributed by atoms with E-state index in [4.69, 9.17) is 35.5 Å². The molecule has 6 saturated carbocycles. The van der Waals surface area contributed by atoms with Crippen molar-refractivity contribution in [2.24, 2.45) is 22.7 Å². The minimum atomic E-state index is -3.93. The smallest absolute Gasteiger partial charge is 0.408 e. The summed E-state index contributed by atoms with van der Waals surface area (Å²) in [7, 11) is -7.85. The first-order valence-corrected chi connectivity index (χ1v) is 44.8. The Morgan fingerprint density at radius 1 is 0.538 bits per heavy atom. The molecule has 2 aromatic heterocycles. The Morgan fingerprint density at radius 2 is 0.933 bits per heavy atom. The van der Waals surface area contributed by atoms with Gasteiger partial charge in [0.15, 0.2) is 0 Å². The largest absolute Gasteiger partial charge is 0.472 e. The molecule has 0 spiro atoms. The zero-order valence-corrected chi connectivity index (χ0v) is 70.6. The highest BCUT2D eigenvalue weighted by Gasteiger charge is 2.64. The van der Waals surface area contributed by atoms with Crippen LogP contribution in [0.5, 0.6) is 11.8 Å². The highest BCUT2D eigenvalue weighted by Crippen LogP contribution is 2.48. The van der Waals surface area contributed by atoms with Crippen molar-refractivity contribution in [2.75, 3.05) is 54.8 Å². The van der Waals surface area contributed by atoms with Gasteiger partial charge in [0.1, 0.15) is 82.3 Å². The van der Waals surface area contributed by atoms with Crippen LogP contribution in [0.3, 0.4) is 0 Å².